The molecule has 0 aromatic heterocycles. The van der Waals surface area contributed by atoms with Crippen LogP contribution >= 0.6 is 0 Å². The molecule has 1 rings (SSSR count). The zero-order valence-corrected chi connectivity index (χ0v) is 11.7. The highest BCUT2D eigenvalue weighted by Gasteiger charge is 2.11. The Balaban J connectivity index is 2.49. The van der Waals surface area contributed by atoms with E-state index in [2.05, 4.69) is 12.2 Å². The van der Waals surface area contributed by atoms with E-state index in [1.54, 1.807) is 19.1 Å². The number of hydrogen-bond acceptors (Lipinski definition) is 4. The topological polar surface area (TPSA) is 75.4 Å². The summed E-state index contributed by atoms with van der Waals surface area (Å²) < 4.78 is 0. The number of rotatable bonds is 7. The first-order chi connectivity index (χ1) is 8.90. The fourth-order valence-corrected chi connectivity index (χ4v) is 2.05. The molecule has 106 valence electrons. The van der Waals surface area contributed by atoms with Crippen molar-refractivity contribution in [2.45, 2.75) is 39.3 Å². The molecule has 0 aliphatic carbocycles. The summed E-state index contributed by atoms with van der Waals surface area (Å²) in [4.78, 5) is 10.2. The van der Waals surface area contributed by atoms with Gasteiger partial charge in [0.05, 0.1) is 11.0 Å². The smallest absolute Gasteiger partial charge is 0.269 e. The van der Waals surface area contributed by atoms with Gasteiger partial charge in [0, 0.05) is 18.2 Å². The van der Waals surface area contributed by atoms with Crippen molar-refractivity contribution in [3.8, 4) is 0 Å². The molecule has 0 heterocycles. The number of nitrogens with one attached hydrogen (secondary N) is 1. The van der Waals surface area contributed by atoms with Crippen molar-refractivity contribution >= 4 is 5.69 Å². The van der Waals surface area contributed by atoms with Gasteiger partial charge in [0.1, 0.15) is 0 Å². The lowest BCUT2D eigenvalue weighted by Gasteiger charge is -2.19. The zero-order valence-electron chi connectivity index (χ0n) is 11.7. The third-order valence-electron chi connectivity index (χ3n) is 3.12. The summed E-state index contributed by atoms with van der Waals surface area (Å²) in [7, 11) is 0. The maximum absolute atomic E-state index is 10.6. The van der Waals surface area contributed by atoms with Crippen molar-refractivity contribution in [3.63, 3.8) is 0 Å². The van der Waals surface area contributed by atoms with Gasteiger partial charge in [0.25, 0.3) is 5.69 Å². The lowest BCUT2D eigenvalue weighted by molar-refractivity contribution is -0.384. The molecule has 0 aliphatic heterocycles. The molecule has 2 N–H and O–H groups in total. The van der Waals surface area contributed by atoms with E-state index in [1.807, 2.05) is 6.92 Å². The van der Waals surface area contributed by atoms with Crippen LogP contribution in [0.25, 0.3) is 0 Å². The maximum atomic E-state index is 10.6. The fraction of sp³-hybridized carbons (Fsp3) is 0.571. The number of non-ortho nitro benzene ring substituents is 1. The number of benzene rings is 1. The molecule has 0 fully saturated rings. The number of nitro groups is 1. The van der Waals surface area contributed by atoms with Crippen molar-refractivity contribution in [1.82, 2.24) is 5.32 Å². The molecule has 5 nitrogen and oxygen atoms in total. The lowest BCUT2D eigenvalue weighted by Crippen LogP contribution is -2.26. The number of nitrogens with zero attached hydrogens (tertiary/aromatic N) is 1. The Bertz CT molecular complexity index is 404. The van der Waals surface area contributed by atoms with Gasteiger partial charge in [-0.1, -0.05) is 19.1 Å². The molecule has 0 bridgehead atoms. The molecular formula is C14H22N2O3. The van der Waals surface area contributed by atoms with E-state index in [9.17, 15) is 15.2 Å². The van der Waals surface area contributed by atoms with Crippen molar-refractivity contribution in [2.75, 3.05) is 6.54 Å². The van der Waals surface area contributed by atoms with Gasteiger partial charge < -0.3 is 10.4 Å². The molecule has 0 spiro atoms. The van der Waals surface area contributed by atoms with Gasteiger partial charge in [-0.25, -0.2) is 0 Å². The molecule has 1 aromatic carbocycles. The normalized spacial score (nSPS) is 15.8. The molecule has 0 aliphatic rings. The standard InChI is InChI=1S/C14H22N2O3/c1-10(8-11(2)17)9-15-12(3)13-4-6-14(7-5-13)16(18)19/h4-7,10-12,15,17H,8-9H2,1-3H3. The van der Waals surface area contributed by atoms with Crippen LogP contribution in [-0.4, -0.2) is 22.7 Å². The van der Waals surface area contributed by atoms with Crippen molar-refractivity contribution in [1.29, 1.82) is 0 Å². The van der Waals surface area contributed by atoms with E-state index >= 15 is 0 Å². The zero-order chi connectivity index (χ0) is 14.4. The summed E-state index contributed by atoms with van der Waals surface area (Å²) in [5.41, 5.74) is 1.13. The maximum Gasteiger partial charge on any atom is 0.269 e. The molecule has 0 saturated carbocycles. The average molecular weight is 266 g/mol. The first-order valence-corrected chi connectivity index (χ1v) is 6.56. The first kappa shape index (κ1) is 15.6. The van der Waals surface area contributed by atoms with Crippen LogP contribution in [-0.2, 0) is 0 Å². The highest BCUT2D eigenvalue weighted by Crippen LogP contribution is 2.18. The van der Waals surface area contributed by atoms with Gasteiger partial charge in [0.2, 0.25) is 0 Å². The van der Waals surface area contributed by atoms with Crippen LogP contribution in [0.4, 0.5) is 5.69 Å². The molecular weight excluding hydrogens is 244 g/mol. The Hall–Kier alpha value is -1.46. The Morgan fingerprint density at radius 1 is 1.26 bits per heavy atom. The second kappa shape index (κ2) is 7.21. The number of nitro benzene ring substituents is 1. The van der Waals surface area contributed by atoms with Crippen LogP contribution in [0.5, 0.6) is 0 Å². The minimum absolute atomic E-state index is 0.110. The number of aliphatic hydroxyl groups excluding tert-OH is 1. The minimum atomic E-state index is -0.396. The SMILES string of the molecule is CC(O)CC(C)CNC(C)c1ccc([N+](=O)[O-])cc1. The highest BCUT2D eigenvalue weighted by atomic mass is 16.6. The van der Waals surface area contributed by atoms with Crippen LogP contribution in [0.1, 0.15) is 38.8 Å². The van der Waals surface area contributed by atoms with E-state index < -0.39 is 4.92 Å². The van der Waals surface area contributed by atoms with E-state index in [4.69, 9.17) is 0 Å². The monoisotopic (exact) mass is 266 g/mol. The molecule has 1 aromatic rings. The number of hydrogen-bond donors (Lipinski definition) is 2. The van der Waals surface area contributed by atoms with Gasteiger partial charge in [-0.15, -0.1) is 0 Å². The molecule has 0 amide bonds. The molecule has 5 heteroatoms. The summed E-state index contributed by atoms with van der Waals surface area (Å²) in [5, 5.41) is 23.2. The third kappa shape index (κ3) is 5.36. The summed E-state index contributed by atoms with van der Waals surface area (Å²) in [6, 6.07) is 6.72. The van der Waals surface area contributed by atoms with Crippen LogP contribution < -0.4 is 5.32 Å². The first-order valence-electron chi connectivity index (χ1n) is 6.56. The van der Waals surface area contributed by atoms with Crippen LogP contribution in [0.2, 0.25) is 0 Å². The minimum Gasteiger partial charge on any atom is -0.393 e. The van der Waals surface area contributed by atoms with Gasteiger partial charge in [0.15, 0.2) is 0 Å². The molecule has 19 heavy (non-hydrogen) atoms. The Labute approximate surface area is 113 Å². The summed E-state index contributed by atoms with van der Waals surface area (Å²) in [5.74, 6) is 0.389. The fourth-order valence-electron chi connectivity index (χ4n) is 2.05. The van der Waals surface area contributed by atoms with Gasteiger partial charge >= 0.3 is 0 Å². The van der Waals surface area contributed by atoms with Gasteiger partial charge in [-0.2, -0.15) is 0 Å². The van der Waals surface area contributed by atoms with Crippen molar-refractivity contribution in [3.05, 3.63) is 39.9 Å². The van der Waals surface area contributed by atoms with Crippen molar-refractivity contribution in [2.24, 2.45) is 5.92 Å². The highest BCUT2D eigenvalue weighted by molar-refractivity contribution is 5.33. The Morgan fingerprint density at radius 2 is 1.84 bits per heavy atom. The molecule has 0 radical (unpaired) electrons. The van der Waals surface area contributed by atoms with Crippen LogP contribution in [0.15, 0.2) is 24.3 Å². The third-order valence-corrected chi connectivity index (χ3v) is 3.12. The van der Waals surface area contributed by atoms with Gasteiger partial charge in [-0.05, 0) is 38.3 Å². The van der Waals surface area contributed by atoms with Crippen molar-refractivity contribution < 1.29 is 10.0 Å². The Morgan fingerprint density at radius 3 is 2.32 bits per heavy atom. The van der Waals surface area contributed by atoms with E-state index in [0.29, 0.717) is 5.92 Å². The van der Waals surface area contributed by atoms with Crippen LogP contribution in [0.3, 0.4) is 0 Å². The largest absolute Gasteiger partial charge is 0.393 e. The van der Waals surface area contributed by atoms with Crippen LogP contribution in [0, 0.1) is 16.0 Å². The van der Waals surface area contributed by atoms with Gasteiger partial charge in [-0.3, -0.25) is 10.1 Å². The van der Waals surface area contributed by atoms with E-state index in [0.717, 1.165) is 18.5 Å². The average Bonchev–Trinajstić information content (AvgIpc) is 2.35. The second-order valence-electron chi connectivity index (χ2n) is 5.17. The molecule has 3 atom stereocenters. The molecule has 0 saturated heterocycles. The lowest BCUT2D eigenvalue weighted by atomic mass is 10.0. The number of aliphatic hydroxyl groups is 1. The Kier molecular flexibility index (Phi) is 5.92. The predicted octanol–water partition coefficient (Wildman–Crippen LogP) is 2.65. The summed E-state index contributed by atoms with van der Waals surface area (Å²) >= 11 is 0. The molecule has 3 unspecified atom stereocenters. The summed E-state index contributed by atoms with van der Waals surface area (Å²) in [6.07, 6.45) is 0.478. The summed E-state index contributed by atoms with van der Waals surface area (Å²) in [6.45, 7) is 6.71. The van der Waals surface area contributed by atoms with E-state index in [1.165, 1.54) is 12.1 Å². The quantitative estimate of drug-likeness (QED) is 0.587. The van der Waals surface area contributed by atoms with E-state index in [-0.39, 0.29) is 17.8 Å². The second-order valence-corrected chi connectivity index (χ2v) is 5.17. The predicted molar refractivity (Wildman–Crippen MR) is 75.0 cm³/mol.